The fraction of sp³-hybridized carbons (Fsp3) is 0.345. The number of anilines is 1. The van der Waals surface area contributed by atoms with Crippen LogP contribution in [0.1, 0.15) is 23.1 Å². The Labute approximate surface area is 206 Å². The van der Waals surface area contributed by atoms with Crippen molar-refractivity contribution in [1.29, 1.82) is 0 Å². The van der Waals surface area contributed by atoms with Gasteiger partial charge in [-0.3, -0.25) is 9.69 Å². The van der Waals surface area contributed by atoms with E-state index >= 15 is 0 Å². The number of fused-ring (bicyclic) bond motifs is 1. The number of hydrogen-bond acceptors (Lipinski definition) is 4. The summed E-state index contributed by atoms with van der Waals surface area (Å²) in [6.07, 6.45) is 0.396. The zero-order chi connectivity index (χ0) is 24.2. The quantitative estimate of drug-likeness (QED) is 0.523. The van der Waals surface area contributed by atoms with Crippen molar-refractivity contribution in [3.05, 3.63) is 95.3 Å². The summed E-state index contributed by atoms with van der Waals surface area (Å²) in [5.41, 5.74) is 4.42. The number of piperazine rings is 1. The highest BCUT2D eigenvalue weighted by Crippen LogP contribution is 2.36. The van der Waals surface area contributed by atoms with Crippen molar-refractivity contribution in [1.82, 2.24) is 9.80 Å². The van der Waals surface area contributed by atoms with E-state index in [9.17, 15) is 9.18 Å². The Balaban J connectivity index is 1.25. The molecule has 0 aliphatic carbocycles. The molecule has 3 aromatic carbocycles. The van der Waals surface area contributed by atoms with E-state index in [4.69, 9.17) is 4.74 Å². The van der Waals surface area contributed by atoms with E-state index in [2.05, 4.69) is 46.2 Å². The van der Waals surface area contributed by atoms with Gasteiger partial charge in [-0.1, -0.05) is 48.5 Å². The second-order valence-corrected chi connectivity index (χ2v) is 9.54. The molecule has 0 bridgehead atoms. The van der Waals surface area contributed by atoms with E-state index in [1.54, 1.807) is 0 Å². The Morgan fingerprint density at radius 1 is 0.914 bits per heavy atom. The fourth-order valence-electron chi connectivity index (χ4n) is 4.94. The first kappa shape index (κ1) is 23.4. The van der Waals surface area contributed by atoms with Gasteiger partial charge in [0.05, 0.1) is 18.2 Å². The van der Waals surface area contributed by atoms with Crippen LogP contribution in [-0.4, -0.2) is 54.5 Å². The minimum Gasteiger partial charge on any atom is -0.489 e. The highest BCUT2D eigenvalue weighted by molar-refractivity contribution is 5.78. The van der Waals surface area contributed by atoms with Crippen LogP contribution in [0, 0.1) is 12.7 Å². The molecule has 1 saturated heterocycles. The van der Waals surface area contributed by atoms with Gasteiger partial charge in [0.1, 0.15) is 18.2 Å². The van der Waals surface area contributed by atoms with E-state index in [0.29, 0.717) is 19.6 Å². The summed E-state index contributed by atoms with van der Waals surface area (Å²) >= 11 is 0. The molecule has 2 aliphatic rings. The molecule has 35 heavy (non-hydrogen) atoms. The van der Waals surface area contributed by atoms with Crippen LogP contribution in [0.2, 0.25) is 0 Å². The summed E-state index contributed by atoms with van der Waals surface area (Å²) in [6, 6.07) is 23.1. The first-order chi connectivity index (χ1) is 17.0. The topological polar surface area (TPSA) is 36.0 Å². The number of aryl methyl sites for hydroxylation is 1. The van der Waals surface area contributed by atoms with Crippen LogP contribution in [0.15, 0.2) is 72.8 Å². The number of nitrogens with zero attached hydrogens (tertiary/aromatic N) is 3. The third kappa shape index (κ3) is 5.65. The summed E-state index contributed by atoms with van der Waals surface area (Å²) in [7, 11) is 0. The zero-order valence-corrected chi connectivity index (χ0v) is 20.2. The molecule has 6 heteroatoms. The summed E-state index contributed by atoms with van der Waals surface area (Å²) < 4.78 is 19.6. The Hall–Kier alpha value is -3.38. The van der Waals surface area contributed by atoms with Crippen LogP contribution < -0.4 is 9.64 Å². The van der Waals surface area contributed by atoms with E-state index in [1.165, 1.54) is 17.7 Å². The second kappa shape index (κ2) is 10.5. The minimum atomic E-state index is -0.245. The van der Waals surface area contributed by atoms with Crippen molar-refractivity contribution in [3.63, 3.8) is 0 Å². The van der Waals surface area contributed by atoms with Crippen molar-refractivity contribution in [2.45, 2.75) is 32.5 Å². The predicted molar refractivity (Wildman–Crippen MR) is 136 cm³/mol. The molecule has 5 rings (SSSR count). The summed E-state index contributed by atoms with van der Waals surface area (Å²) in [5.74, 6) is 0.757. The van der Waals surface area contributed by atoms with Gasteiger partial charge in [-0.05, 0) is 47.9 Å². The van der Waals surface area contributed by atoms with Crippen LogP contribution in [0.4, 0.5) is 10.1 Å². The standard InChI is InChI=1S/C29H32FN3O2/c1-22-7-12-27-28(17-22)35-21-26(33(27)20-24-8-10-25(30)11-9-24)18-29(34)32-15-13-31(14-16-32)19-23-5-3-2-4-6-23/h2-12,17,26H,13-16,18-21H2,1H3/t26-/m0/s1. The van der Waals surface area contributed by atoms with Crippen LogP contribution in [0.5, 0.6) is 5.75 Å². The number of hydrogen-bond donors (Lipinski definition) is 0. The van der Waals surface area contributed by atoms with Crippen molar-refractivity contribution in [2.24, 2.45) is 0 Å². The molecule has 1 atom stereocenters. The maximum absolute atomic E-state index is 13.5. The SMILES string of the molecule is Cc1ccc2c(c1)OC[C@H](CC(=O)N1CCN(Cc3ccccc3)CC1)N2Cc1ccc(F)cc1. The number of carbonyl (C=O) groups excluding carboxylic acids is 1. The van der Waals surface area contributed by atoms with Gasteiger partial charge in [0.25, 0.3) is 0 Å². The molecule has 0 spiro atoms. The average molecular weight is 474 g/mol. The van der Waals surface area contributed by atoms with E-state index < -0.39 is 0 Å². The van der Waals surface area contributed by atoms with Gasteiger partial charge in [-0.15, -0.1) is 0 Å². The molecule has 5 nitrogen and oxygen atoms in total. The van der Waals surface area contributed by atoms with Gasteiger partial charge >= 0.3 is 0 Å². The van der Waals surface area contributed by atoms with Crippen molar-refractivity contribution in [3.8, 4) is 5.75 Å². The molecule has 1 fully saturated rings. The molecule has 3 aromatic rings. The monoisotopic (exact) mass is 473 g/mol. The predicted octanol–water partition coefficient (Wildman–Crippen LogP) is 4.64. The molecule has 0 N–H and O–H groups in total. The molecule has 0 aromatic heterocycles. The fourth-order valence-corrected chi connectivity index (χ4v) is 4.94. The molecule has 1 amide bonds. The summed E-state index contributed by atoms with van der Waals surface area (Å²) in [4.78, 5) is 20.0. The Bertz CT molecular complexity index is 1140. The molecular weight excluding hydrogens is 441 g/mol. The molecule has 0 saturated carbocycles. The second-order valence-electron chi connectivity index (χ2n) is 9.54. The van der Waals surface area contributed by atoms with E-state index in [1.807, 2.05) is 36.1 Å². The molecule has 2 aliphatic heterocycles. The van der Waals surface area contributed by atoms with Crippen LogP contribution in [0.25, 0.3) is 0 Å². The molecule has 182 valence electrons. The molecular formula is C29H32FN3O2. The Morgan fingerprint density at radius 2 is 1.63 bits per heavy atom. The van der Waals surface area contributed by atoms with Gasteiger partial charge < -0.3 is 14.5 Å². The Kier molecular flexibility index (Phi) is 7.00. The number of rotatable bonds is 6. The number of amides is 1. The smallest absolute Gasteiger partial charge is 0.224 e. The number of ether oxygens (including phenoxy) is 1. The van der Waals surface area contributed by atoms with Crippen LogP contribution in [-0.2, 0) is 17.9 Å². The third-order valence-corrected chi connectivity index (χ3v) is 6.95. The summed E-state index contributed by atoms with van der Waals surface area (Å²) in [6.45, 7) is 7.26. The lowest BCUT2D eigenvalue weighted by Crippen LogP contribution is -2.51. The first-order valence-electron chi connectivity index (χ1n) is 12.3. The van der Waals surface area contributed by atoms with E-state index in [-0.39, 0.29) is 17.8 Å². The van der Waals surface area contributed by atoms with Crippen LogP contribution in [0.3, 0.4) is 0 Å². The lowest BCUT2D eigenvalue weighted by molar-refractivity contribution is -0.133. The normalized spacial score (nSPS) is 18.2. The lowest BCUT2D eigenvalue weighted by Gasteiger charge is -2.40. The van der Waals surface area contributed by atoms with Gasteiger partial charge in [0, 0.05) is 39.3 Å². The average Bonchev–Trinajstić information content (AvgIpc) is 2.87. The zero-order valence-electron chi connectivity index (χ0n) is 20.2. The molecule has 2 heterocycles. The van der Waals surface area contributed by atoms with Gasteiger partial charge in [-0.2, -0.15) is 0 Å². The molecule has 0 unspecified atom stereocenters. The van der Waals surface area contributed by atoms with Crippen LogP contribution >= 0.6 is 0 Å². The highest BCUT2D eigenvalue weighted by Gasteiger charge is 2.32. The first-order valence-corrected chi connectivity index (χ1v) is 12.3. The van der Waals surface area contributed by atoms with Gasteiger partial charge in [0.2, 0.25) is 5.91 Å². The minimum absolute atomic E-state index is 0.0786. The highest BCUT2D eigenvalue weighted by atomic mass is 19.1. The molecule has 0 radical (unpaired) electrons. The van der Waals surface area contributed by atoms with Gasteiger partial charge in [0.15, 0.2) is 0 Å². The van der Waals surface area contributed by atoms with Crippen molar-refractivity contribution in [2.75, 3.05) is 37.7 Å². The third-order valence-electron chi connectivity index (χ3n) is 6.95. The number of halogens is 1. The van der Waals surface area contributed by atoms with E-state index in [0.717, 1.165) is 55.3 Å². The number of benzene rings is 3. The number of carbonyl (C=O) groups is 1. The maximum atomic E-state index is 13.5. The van der Waals surface area contributed by atoms with Crippen molar-refractivity contribution < 1.29 is 13.9 Å². The maximum Gasteiger partial charge on any atom is 0.224 e. The van der Waals surface area contributed by atoms with Crippen molar-refractivity contribution >= 4 is 11.6 Å². The Morgan fingerprint density at radius 3 is 2.37 bits per heavy atom. The van der Waals surface area contributed by atoms with Gasteiger partial charge in [-0.25, -0.2) is 4.39 Å². The lowest BCUT2D eigenvalue weighted by atomic mass is 10.0. The largest absolute Gasteiger partial charge is 0.489 e. The summed E-state index contributed by atoms with van der Waals surface area (Å²) in [5, 5.41) is 0.